The van der Waals surface area contributed by atoms with Crippen molar-refractivity contribution in [1.82, 2.24) is 9.88 Å². The molecule has 2 N–H and O–H groups in total. The molecule has 0 spiro atoms. The first-order chi connectivity index (χ1) is 13.0. The summed E-state index contributed by atoms with van der Waals surface area (Å²) in [7, 11) is 2.90. The number of esters is 1. The van der Waals surface area contributed by atoms with Gasteiger partial charge in [-0.3, -0.25) is 4.79 Å². The van der Waals surface area contributed by atoms with Gasteiger partial charge < -0.3 is 24.7 Å². The summed E-state index contributed by atoms with van der Waals surface area (Å²) in [6.07, 6.45) is 2.82. The molecule has 1 aliphatic heterocycles. The number of ether oxygens (including phenoxy) is 2. The lowest BCUT2D eigenvalue weighted by molar-refractivity contribution is -0.116. The molecular weight excluding hydrogens is 346 g/mol. The number of carbonyl (C=O) groups is 2. The first-order valence-electron chi connectivity index (χ1n) is 9.32. The van der Waals surface area contributed by atoms with Gasteiger partial charge in [-0.25, -0.2) is 4.79 Å². The van der Waals surface area contributed by atoms with Gasteiger partial charge in [0.15, 0.2) is 0 Å². The molecular formula is C20H27N3O4. The van der Waals surface area contributed by atoms with Crippen LogP contribution < -0.4 is 10.1 Å². The van der Waals surface area contributed by atoms with E-state index < -0.39 is 5.97 Å². The van der Waals surface area contributed by atoms with Crippen molar-refractivity contribution in [2.45, 2.75) is 26.2 Å². The number of fused-ring (bicyclic) bond motifs is 1. The van der Waals surface area contributed by atoms with Gasteiger partial charge in [0.05, 0.1) is 25.4 Å². The number of aromatic nitrogens is 1. The first kappa shape index (κ1) is 19.2. The van der Waals surface area contributed by atoms with Crippen molar-refractivity contribution in [2.24, 2.45) is 5.92 Å². The third-order valence-corrected chi connectivity index (χ3v) is 5.06. The average molecular weight is 373 g/mol. The van der Waals surface area contributed by atoms with Crippen LogP contribution in [0.15, 0.2) is 18.2 Å². The van der Waals surface area contributed by atoms with Crippen molar-refractivity contribution >= 4 is 28.5 Å². The van der Waals surface area contributed by atoms with E-state index >= 15 is 0 Å². The fourth-order valence-electron chi connectivity index (χ4n) is 3.64. The number of amides is 1. The topological polar surface area (TPSA) is 83.7 Å². The summed E-state index contributed by atoms with van der Waals surface area (Å²) < 4.78 is 10.1. The maximum atomic E-state index is 12.5. The van der Waals surface area contributed by atoms with Crippen LogP contribution in [0.3, 0.4) is 0 Å². The number of hydrogen-bond donors (Lipinski definition) is 2. The fourth-order valence-corrected chi connectivity index (χ4v) is 3.64. The molecule has 27 heavy (non-hydrogen) atoms. The first-order valence-corrected chi connectivity index (χ1v) is 9.32. The van der Waals surface area contributed by atoms with Gasteiger partial charge in [0, 0.05) is 31.0 Å². The summed E-state index contributed by atoms with van der Waals surface area (Å²) in [4.78, 5) is 30.0. The number of aromatic amines is 1. The third kappa shape index (κ3) is 4.42. The van der Waals surface area contributed by atoms with E-state index in [0.717, 1.165) is 25.0 Å². The number of piperidine rings is 1. The van der Waals surface area contributed by atoms with E-state index in [9.17, 15) is 9.59 Å². The van der Waals surface area contributed by atoms with E-state index in [1.807, 2.05) is 6.07 Å². The highest BCUT2D eigenvalue weighted by Crippen LogP contribution is 2.31. The van der Waals surface area contributed by atoms with Gasteiger partial charge >= 0.3 is 5.97 Å². The molecule has 1 aliphatic rings. The van der Waals surface area contributed by atoms with Crippen LogP contribution in [-0.2, 0) is 9.53 Å². The number of methoxy groups -OCH3 is 2. The number of nitrogens with zero attached hydrogens (tertiary/aromatic N) is 1. The molecule has 2 aromatic rings. The summed E-state index contributed by atoms with van der Waals surface area (Å²) in [6.45, 7) is 5.04. The summed E-state index contributed by atoms with van der Waals surface area (Å²) >= 11 is 0. The predicted octanol–water partition coefficient (Wildman–Crippen LogP) is 3.02. The molecule has 0 unspecified atom stereocenters. The van der Waals surface area contributed by atoms with Crippen LogP contribution in [0.1, 0.15) is 36.7 Å². The number of anilines is 1. The van der Waals surface area contributed by atoms with Crippen LogP contribution in [0.4, 0.5) is 5.69 Å². The second kappa shape index (κ2) is 8.43. The van der Waals surface area contributed by atoms with Crippen LogP contribution >= 0.6 is 0 Å². The maximum absolute atomic E-state index is 12.5. The lowest BCUT2D eigenvalue weighted by Crippen LogP contribution is -2.36. The quantitative estimate of drug-likeness (QED) is 0.761. The Morgan fingerprint density at radius 3 is 2.85 bits per heavy atom. The normalized spacial score (nSPS) is 17.7. The minimum absolute atomic E-state index is 0.116. The van der Waals surface area contributed by atoms with Gasteiger partial charge in [0.1, 0.15) is 11.4 Å². The lowest BCUT2D eigenvalue weighted by Gasteiger charge is -2.30. The van der Waals surface area contributed by atoms with Crippen molar-refractivity contribution in [3.63, 3.8) is 0 Å². The van der Waals surface area contributed by atoms with Crippen LogP contribution in [0, 0.1) is 5.92 Å². The van der Waals surface area contributed by atoms with Crippen LogP contribution in [-0.4, -0.2) is 55.6 Å². The molecule has 1 amide bonds. The van der Waals surface area contributed by atoms with Gasteiger partial charge in [-0.15, -0.1) is 0 Å². The van der Waals surface area contributed by atoms with Crippen LogP contribution in [0.2, 0.25) is 0 Å². The van der Waals surface area contributed by atoms with E-state index in [-0.39, 0.29) is 11.6 Å². The second-order valence-corrected chi connectivity index (χ2v) is 7.12. The lowest BCUT2D eigenvalue weighted by atomic mass is 10.0. The molecule has 0 saturated carbocycles. The molecule has 3 rings (SSSR count). The van der Waals surface area contributed by atoms with Gasteiger partial charge in [0.25, 0.3) is 0 Å². The van der Waals surface area contributed by atoms with Crippen molar-refractivity contribution in [1.29, 1.82) is 0 Å². The molecule has 1 aromatic carbocycles. The van der Waals surface area contributed by atoms with Gasteiger partial charge in [0.2, 0.25) is 5.91 Å². The third-order valence-electron chi connectivity index (χ3n) is 5.06. The Labute approximate surface area is 159 Å². The minimum atomic E-state index is -0.523. The SMILES string of the molecule is COC(=O)c1[nH]c2cc(OC)ccc2c1NC(=O)CCN1CCC[C@H](C)C1. The zero-order valence-electron chi connectivity index (χ0n) is 16.1. The Morgan fingerprint density at radius 1 is 1.33 bits per heavy atom. The largest absolute Gasteiger partial charge is 0.497 e. The number of nitrogens with one attached hydrogen (secondary N) is 2. The maximum Gasteiger partial charge on any atom is 0.356 e. The minimum Gasteiger partial charge on any atom is -0.497 e. The Kier molecular flexibility index (Phi) is 6.01. The molecule has 2 heterocycles. The Hall–Kier alpha value is -2.54. The fraction of sp³-hybridized carbons (Fsp3) is 0.500. The summed E-state index contributed by atoms with van der Waals surface area (Å²) in [5.41, 5.74) is 1.40. The number of hydrogen-bond acceptors (Lipinski definition) is 5. The monoisotopic (exact) mass is 373 g/mol. The molecule has 0 bridgehead atoms. The van der Waals surface area contributed by atoms with E-state index in [0.29, 0.717) is 29.3 Å². The van der Waals surface area contributed by atoms with Crippen molar-refractivity contribution in [2.75, 3.05) is 39.2 Å². The zero-order valence-corrected chi connectivity index (χ0v) is 16.1. The number of H-pyrrole nitrogens is 1. The summed E-state index contributed by atoms with van der Waals surface area (Å²) in [6, 6.07) is 5.40. The Bertz CT molecular complexity index is 830. The smallest absolute Gasteiger partial charge is 0.356 e. The van der Waals surface area contributed by atoms with Crippen LogP contribution in [0.5, 0.6) is 5.75 Å². The van der Waals surface area contributed by atoms with Gasteiger partial charge in [-0.1, -0.05) is 6.92 Å². The summed E-state index contributed by atoms with van der Waals surface area (Å²) in [5, 5.41) is 3.64. The Morgan fingerprint density at radius 2 is 2.15 bits per heavy atom. The molecule has 146 valence electrons. The zero-order chi connectivity index (χ0) is 19.4. The predicted molar refractivity (Wildman–Crippen MR) is 104 cm³/mol. The highest BCUT2D eigenvalue weighted by Gasteiger charge is 2.22. The molecule has 1 saturated heterocycles. The van der Waals surface area contributed by atoms with Crippen molar-refractivity contribution in [3.05, 3.63) is 23.9 Å². The van der Waals surface area contributed by atoms with Gasteiger partial charge in [-0.05, 0) is 37.4 Å². The number of rotatable bonds is 6. The molecule has 0 aliphatic carbocycles. The number of likely N-dealkylation sites (tertiary alicyclic amines) is 1. The van der Waals surface area contributed by atoms with E-state index in [1.165, 1.54) is 20.0 Å². The van der Waals surface area contributed by atoms with E-state index in [1.54, 1.807) is 19.2 Å². The molecule has 1 aromatic heterocycles. The van der Waals surface area contributed by atoms with Crippen molar-refractivity contribution in [3.8, 4) is 5.75 Å². The highest BCUT2D eigenvalue weighted by atomic mass is 16.5. The molecule has 1 fully saturated rings. The molecule has 1 atom stereocenters. The van der Waals surface area contributed by atoms with Gasteiger partial charge in [-0.2, -0.15) is 0 Å². The Balaban J connectivity index is 1.75. The number of carbonyl (C=O) groups excluding carboxylic acids is 2. The average Bonchev–Trinajstić information content (AvgIpc) is 3.03. The molecule has 7 heteroatoms. The number of benzene rings is 1. The van der Waals surface area contributed by atoms with E-state index in [4.69, 9.17) is 9.47 Å². The standard InChI is InChI=1S/C20H27N3O4/c1-13-5-4-9-23(12-13)10-8-17(24)22-18-15-7-6-14(26-2)11-16(15)21-19(18)20(25)27-3/h6-7,11,13,21H,4-5,8-10,12H2,1-3H3,(H,22,24)/t13-/m0/s1. The van der Waals surface area contributed by atoms with Crippen molar-refractivity contribution < 1.29 is 19.1 Å². The molecule has 7 nitrogen and oxygen atoms in total. The summed E-state index contributed by atoms with van der Waals surface area (Å²) in [5.74, 6) is 0.703. The highest BCUT2D eigenvalue weighted by molar-refractivity contribution is 6.11. The molecule has 0 radical (unpaired) electrons. The second-order valence-electron chi connectivity index (χ2n) is 7.12. The van der Waals surface area contributed by atoms with E-state index in [2.05, 4.69) is 22.1 Å². The van der Waals surface area contributed by atoms with Crippen LogP contribution in [0.25, 0.3) is 10.9 Å².